The van der Waals surface area contributed by atoms with Crippen LogP contribution < -0.4 is 4.74 Å². The number of halogens is 4. The van der Waals surface area contributed by atoms with Crippen LogP contribution in [0, 0.1) is 6.92 Å². The Hall–Kier alpha value is -0.940. The zero-order valence-electron chi connectivity index (χ0n) is 8.06. The van der Waals surface area contributed by atoms with Crippen LogP contribution >= 0.6 is 22.9 Å². The predicted octanol–water partition coefficient (Wildman–Crippen LogP) is 4.76. The quantitative estimate of drug-likeness (QED) is 0.723. The summed E-state index contributed by atoms with van der Waals surface area (Å²) in [5.74, 6) is -0.289. The van der Waals surface area contributed by atoms with Crippen molar-refractivity contribution in [3.05, 3.63) is 28.1 Å². The van der Waals surface area contributed by atoms with Gasteiger partial charge in [-0.1, -0.05) is 11.6 Å². The summed E-state index contributed by atoms with van der Waals surface area (Å²) in [7, 11) is 0. The third kappa shape index (κ3) is 2.41. The Morgan fingerprint density at radius 2 is 1.94 bits per heavy atom. The van der Waals surface area contributed by atoms with Crippen molar-refractivity contribution in [1.29, 1.82) is 0 Å². The Morgan fingerprint density at radius 3 is 2.56 bits per heavy atom. The van der Waals surface area contributed by atoms with Crippen LogP contribution in [0.15, 0.2) is 18.2 Å². The molecule has 0 radical (unpaired) electrons. The molecule has 0 amide bonds. The number of thiophene rings is 1. The summed E-state index contributed by atoms with van der Waals surface area (Å²) in [4.78, 5) is 0.987. The summed E-state index contributed by atoms with van der Waals surface area (Å²) in [6.07, 6.45) is -4.69. The van der Waals surface area contributed by atoms with Crippen LogP contribution in [-0.4, -0.2) is 6.36 Å². The summed E-state index contributed by atoms with van der Waals surface area (Å²) < 4.78 is 40.6. The van der Waals surface area contributed by atoms with E-state index in [0.717, 1.165) is 9.58 Å². The molecule has 0 aliphatic heterocycles. The van der Waals surface area contributed by atoms with Gasteiger partial charge in [0.05, 0.1) is 9.72 Å². The standard InChI is InChI=1S/C10H6ClF3OS/c1-5-2-6-3-7(15-10(12,13)14)4-8(11)9(6)16-5/h2-4H,1H3. The van der Waals surface area contributed by atoms with E-state index < -0.39 is 6.36 Å². The second kappa shape index (κ2) is 3.82. The van der Waals surface area contributed by atoms with Gasteiger partial charge in [-0.25, -0.2) is 0 Å². The highest BCUT2D eigenvalue weighted by atomic mass is 35.5. The van der Waals surface area contributed by atoms with Crippen LogP contribution in [0.25, 0.3) is 10.1 Å². The van der Waals surface area contributed by atoms with Gasteiger partial charge in [-0.15, -0.1) is 24.5 Å². The fourth-order valence-corrected chi connectivity index (χ4v) is 2.64. The minimum atomic E-state index is -4.69. The first-order valence-corrected chi connectivity index (χ1v) is 5.50. The van der Waals surface area contributed by atoms with Crippen LogP contribution in [0.2, 0.25) is 5.02 Å². The molecule has 0 bridgehead atoms. The highest BCUT2D eigenvalue weighted by Crippen LogP contribution is 2.36. The molecule has 1 nitrogen and oxygen atoms in total. The lowest BCUT2D eigenvalue weighted by Crippen LogP contribution is -2.17. The van der Waals surface area contributed by atoms with Crippen molar-refractivity contribution in [2.75, 3.05) is 0 Å². The number of aryl methyl sites for hydroxylation is 1. The van der Waals surface area contributed by atoms with E-state index in [1.54, 1.807) is 6.07 Å². The summed E-state index contributed by atoms with van der Waals surface area (Å²) in [5, 5.41) is 0.934. The molecular weight excluding hydrogens is 261 g/mol. The SMILES string of the molecule is Cc1cc2cc(OC(F)(F)F)cc(Cl)c2s1. The zero-order chi connectivity index (χ0) is 11.9. The molecule has 2 rings (SSSR count). The van der Waals surface area contributed by atoms with Crippen molar-refractivity contribution >= 4 is 33.0 Å². The normalized spacial score (nSPS) is 12.1. The number of hydrogen-bond donors (Lipinski definition) is 0. The molecule has 2 aromatic rings. The van der Waals surface area contributed by atoms with Crippen LogP contribution in [0.3, 0.4) is 0 Å². The molecule has 0 saturated heterocycles. The Balaban J connectivity index is 2.49. The Morgan fingerprint density at radius 1 is 1.25 bits per heavy atom. The fourth-order valence-electron chi connectivity index (χ4n) is 1.41. The smallest absolute Gasteiger partial charge is 0.406 e. The van der Waals surface area contributed by atoms with Crippen LogP contribution in [0.4, 0.5) is 13.2 Å². The highest BCUT2D eigenvalue weighted by Gasteiger charge is 2.31. The molecule has 0 saturated carbocycles. The zero-order valence-corrected chi connectivity index (χ0v) is 9.63. The fraction of sp³-hybridized carbons (Fsp3) is 0.200. The lowest BCUT2D eigenvalue weighted by molar-refractivity contribution is -0.274. The van der Waals surface area contributed by atoms with Gasteiger partial charge in [0.2, 0.25) is 0 Å². The topological polar surface area (TPSA) is 9.23 Å². The second-order valence-electron chi connectivity index (χ2n) is 3.23. The molecule has 0 atom stereocenters. The number of rotatable bonds is 1. The van der Waals surface area contributed by atoms with Crippen LogP contribution in [0.1, 0.15) is 4.88 Å². The molecule has 0 N–H and O–H groups in total. The maximum absolute atomic E-state index is 12.0. The van der Waals surface area contributed by atoms with Gasteiger partial charge in [0.25, 0.3) is 0 Å². The summed E-state index contributed by atoms with van der Waals surface area (Å²) >= 11 is 7.30. The average Bonchev–Trinajstić information content (AvgIpc) is 2.42. The molecular formula is C10H6ClF3OS. The maximum atomic E-state index is 12.0. The van der Waals surface area contributed by atoms with E-state index in [1.165, 1.54) is 23.5 Å². The first-order chi connectivity index (χ1) is 7.35. The lowest BCUT2D eigenvalue weighted by Gasteiger charge is -2.09. The number of fused-ring (bicyclic) bond motifs is 1. The maximum Gasteiger partial charge on any atom is 0.573 e. The van der Waals surface area contributed by atoms with Gasteiger partial charge < -0.3 is 4.74 Å². The van der Waals surface area contributed by atoms with Gasteiger partial charge in [-0.05, 0) is 24.4 Å². The van der Waals surface area contributed by atoms with E-state index in [0.29, 0.717) is 5.39 Å². The first-order valence-electron chi connectivity index (χ1n) is 4.30. The molecule has 0 aliphatic rings. The number of ether oxygens (including phenoxy) is 1. The minimum absolute atomic E-state index is 0.273. The molecule has 1 heterocycles. The van der Waals surface area contributed by atoms with E-state index in [4.69, 9.17) is 11.6 Å². The van der Waals surface area contributed by atoms with Crippen molar-refractivity contribution in [3.8, 4) is 5.75 Å². The first kappa shape index (κ1) is 11.5. The second-order valence-corrected chi connectivity index (χ2v) is 4.89. The summed E-state index contributed by atoms with van der Waals surface area (Å²) in [5.41, 5.74) is 0. The van der Waals surface area contributed by atoms with Gasteiger partial charge >= 0.3 is 6.36 Å². The molecule has 16 heavy (non-hydrogen) atoms. The number of benzene rings is 1. The third-order valence-corrected chi connectivity index (χ3v) is 3.41. The van der Waals surface area contributed by atoms with Gasteiger partial charge in [0.15, 0.2) is 0 Å². The van der Waals surface area contributed by atoms with Crippen LogP contribution in [-0.2, 0) is 0 Å². The van der Waals surface area contributed by atoms with E-state index in [9.17, 15) is 13.2 Å². The predicted molar refractivity (Wildman–Crippen MR) is 58.3 cm³/mol. The van der Waals surface area contributed by atoms with E-state index >= 15 is 0 Å². The Bertz CT molecular complexity index is 533. The molecule has 86 valence electrons. The largest absolute Gasteiger partial charge is 0.573 e. The molecule has 0 fully saturated rings. The average molecular weight is 267 g/mol. The summed E-state index contributed by atoms with van der Waals surface area (Å²) in [6.45, 7) is 1.87. The number of hydrogen-bond acceptors (Lipinski definition) is 2. The van der Waals surface area contributed by atoms with Crippen molar-refractivity contribution in [2.24, 2.45) is 0 Å². The highest BCUT2D eigenvalue weighted by molar-refractivity contribution is 7.19. The van der Waals surface area contributed by atoms with Crippen molar-refractivity contribution in [2.45, 2.75) is 13.3 Å². The van der Waals surface area contributed by atoms with Gasteiger partial charge in [0.1, 0.15) is 5.75 Å². The van der Waals surface area contributed by atoms with Gasteiger partial charge in [0, 0.05) is 10.9 Å². The molecule has 1 aromatic carbocycles. The van der Waals surface area contributed by atoms with Crippen molar-refractivity contribution in [3.63, 3.8) is 0 Å². The Labute approximate surface area is 98.4 Å². The van der Waals surface area contributed by atoms with Crippen molar-refractivity contribution in [1.82, 2.24) is 0 Å². The molecule has 1 aromatic heterocycles. The lowest BCUT2D eigenvalue weighted by atomic mass is 10.2. The van der Waals surface area contributed by atoms with E-state index in [-0.39, 0.29) is 10.8 Å². The molecule has 0 aliphatic carbocycles. The summed E-state index contributed by atoms with van der Waals surface area (Å²) in [6, 6.07) is 4.28. The Kier molecular flexibility index (Phi) is 2.75. The van der Waals surface area contributed by atoms with Gasteiger partial charge in [-0.2, -0.15) is 0 Å². The molecule has 6 heteroatoms. The van der Waals surface area contributed by atoms with E-state index in [2.05, 4.69) is 4.74 Å². The van der Waals surface area contributed by atoms with Crippen molar-refractivity contribution < 1.29 is 17.9 Å². The minimum Gasteiger partial charge on any atom is -0.406 e. The molecule has 0 unspecified atom stereocenters. The van der Waals surface area contributed by atoms with Crippen LogP contribution in [0.5, 0.6) is 5.75 Å². The third-order valence-electron chi connectivity index (χ3n) is 1.90. The van der Waals surface area contributed by atoms with E-state index in [1.807, 2.05) is 6.92 Å². The van der Waals surface area contributed by atoms with Gasteiger partial charge in [-0.3, -0.25) is 0 Å². The number of alkyl halides is 3. The molecule has 0 spiro atoms. The monoisotopic (exact) mass is 266 g/mol.